The lowest BCUT2D eigenvalue weighted by atomic mass is 10.1. The van der Waals surface area contributed by atoms with E-state index in [4.69, 9.17) is 0 Å². The predicted octanol–water partition coefficient (Wildman–Crippen LogP) is 2.17. The molecule has 1 saturated heterocycles. The van der Waals surface area contributed by atoms with Crippen molar-refractivity contribution >= 4 is 18.3 Å². The van der Waals surface area contributed by atoms with Crippen LogP contribution in [0, 0.1) is 6.92 Å². The van der Waals surface area contributed by atoms with E-state index in [1.165, 1.54) is 11.1 Å². The van der Waals surface area contributed by atoms with Crippen molar-refractivity contribution in [2.24, 2.45) is 0 Å². The molecule has 1 atom stereocenters. The van der Waals surface area contributed by atoms with Crippen LogP contribution < -0.4 is 5.32 Å². The summed E-state index contributed by atoms with van der Waals surface area (Å²) < 4.78 is 0. The highest BCUT2D eigenvalue weighted by molar-refractivity contribution is 5.85. The standard InChI is InChI=1S/C15H22N2O.ClH/c1-12-4-3-5-14(10-12)6-7-15(18)17-9-8-16-13(2)11-17;/h3-5,10,13,16H,6-9,11H2,1-2H3;1H. The molecule has 1 aromatic carbocycles. The summed E-state index contributed by atoms with van der Waals surface area (Å²) in [6.07, 6.45) is 1.47. The molecule has 19 heavy (non-hydrogen) atoms. The molecule has 4 heteroatoms. The van der Waals surface area contributed by atoms with Crippen LogP contribution in [-0.2, 0) is 11.2 Å². The maximum absolute atomic E-state index is 12.1. The van der Waals surface area contributed by atoms with Gasteiger partial charge in [0.2, 0.25) is 5.91 Å². The first-order valence-corrected chi connectivity index (χ1v) is 6.72. The molecule has 1 aliphatic heterocycles. The van der Waals surface area contributed by atoms with Crippen molar-refractivity contribution in [1.29, 1.82) is 0 Å². The van der Waals surface area contributed by atoms with Crippen LogP contribution in [0.2, 0.25) is 0 Å². The van der Waals surface area contributed by atoms with Crippen molar-refractivity contribution in [3.63, 3.8) is 0 Å². The summed E-state index contributed by atoms with van der Waals surface area (Å²) >= 11 is 0. The summed E-state index contributed by atoms with van der Waals surface area (Å²) in [7, 11) is 0. The molecule has 1 fully saturated rings. The molecule has 1 amide bonds. The average Bonchev–Trinajstić information content (AvgIpc) is 2.36. The Morgan fingerprint density at radius 3 is 2.95 bits per heavy atom. The van der Waals surface area contributed by atoms with Gasteiger partial charge in [-0.3, -0.25) is 4.79 Å². The normalized spacial score (nSPS) is 18.8. The Balaban J connectivity index is 0.00000180. The van der Waals surface area contributed by atoms with Gasteiger partial charge in [0.15, 0.2) is 0 Å². The van der Waals surface area contributed by atoms with Gasteiger partial charge in [-0.05, 0) is 25.8 Å². The van der Waals surface area contributed by atoms with Gasteiger partial charge in [-0.15, -0.1) is 12.4 Å². The Kier molecular flexibility index (Phi) is 6.32. The number of halogens is 1. The monoisotopic (exact) mass is 282 g/mol. The second-order valence-corrected chi connectivity index (χ2v) is 5.18. The van der Waals surface area contributed by atoms with Crippen molar-refractivity contribution < 1.29 is 4.79 Å². The van der Waals surface area contributed by atoms with Crippen LogP contribution in [-0.4, -0.2) is 36.5 Å². The number of carbonyl (C=O) groups is 1. The second-order valence-electron chi connectivity index (χ2n) is 5.18. The third-order valence-corrected chi connectivity index (χ3v) is 3.43. The van der Waals surface area contributed by atoms with Crippen LogP contribution in [0.25, 0.3) is 0 Å². The van der Waals surface area contributed by atoms with E-state index < -0.39 is 0 Å². The molecule has 1 aromatic rings. The Labute approximate surface area is 121 Å². The van der Waals surface area contributed by atoms with Crippen LogP contribution in [0.5, 0.6) is 0 Å². The van der Waals surface area contributed by atoms with Crippen LogP contribution in [0.1, 0.15) is 24.5 Å². The Morgan fingerprint density at radius 2 is 2.26 bits per heavy atom. The van der Waals surface area contributed by atoms with E-state index in [0.29, 0.717) is 12.5 Å². The lowest BCUT2D eigenvalue weighted by Crippen LogP contribution is -2.51. The van der Waals surface area contributed by atoms with Gasteiger partial charge in [0.1, 0.15) is 0 Å². The van der Waals surface area contributed by atoms with Gasteiger partial charge in [-0.1, -0.05) is 29.8 Å². The first-order chi connectivity index (χ1) is 8.65. The van der Waals surface area contributed by atoms with Crippen LogP contribution in [0.15, 0.2) is 24.3 Å². The third-order valence-electron chi connectivity index (χ3n) is 3.43. The first kappa shape index (κ1) is 16.0. The van der Waals surface area contributed by atoms with Gasteiger partial charge in [0, 0.05) is 32.1 Å². The van der Waals surface area contributed by atoms with Gasteiger partial charge in [0.05, 0.1) is 0 Å². The summed E-state index contributed by atoms with van der Waals surface area (Å²) in [5.74, 6) is 0.282. The zero-order chi connectivity index (χ0) is 13.0. The maximum atomic E-state index is 12.1. The number of hydrogen-bond donors (Lipinski definition) is 1. The number of hydrogen-bond acceptors (Lipinski definition) is 2. The SMILES string of the molecule is Cc1cccc(CCC(=O)N2CCNC(C)C2)c1.Cl. The minimum atomic E-state index is 0. The van der Waals surface area contributed by atoms with Crippen molar-refractivity contribution in [3.8, 4) is 0 Å². The van der Waals surface area contributed by atoms with Crippen LogP contribution >= 0.6 is 12.4 Å². The van der Waals surface area contributed by atoms with Gasteiger partial charge in [-0.2, -0.15) is 0 Å². The van der Waals surface area contributed by atoms with Crippen molar-refractivity contribution in [3.05, 3.63) is 35.4 Å². The van der Waals surface area contributed by atoms with E-state index in [1.54, 1.807) is 0 Å². The van der Waals surface area contributed by atoms with E-state index in [1.807, 2.05) is 4.90 Å². The molecule has 0 aromatic heterocycles. The number of amides is 1. The molecule has 0 radical (unpaired) electrons. The molecule has 0 aliphatic carbocycles. The number of benzene rings is 1. The molecule has 1 N–H and O–H groups in total. The molecule has 1 heterocycles. The number of nitrogens with one attached hydrogen (secondary N) is 1. The molecule has 106 valence electrons. The zero-order valence-corrected chi connectivity index (χ0v) is 12.5. The molecule has 0 bridgehead atoms. The summed E-state index contributed by atoms with van der Waals surface area (Å²) in [6.45, 7) is 6.81. The highest BCUT2D eigenvalue weighted by atomic mass is 35.5. The van der Waals surface area contributed by atoms with Gasteiger partial charge < -0.3 is 10.2 Å². The van der Waals surface area contributed by atoms with Crippen molar-refractivity contribution in [2.45, 2.75) is 32.7 Å². The summed E-state index contributed by atoms with van der Waals surface area (Å²) in [5.41, 5.74) is 2.52. The highest BCUT2D eigenvalue weighted by Gasteiger charge is 2.19. The maximum Gasteiger partial charge on any atom is 0.222 e. The summed E-state index contributed by atoms with van der Waals surface area (Å²) in [6, 6.07) is 8.82. The van der Waals surface area contributed by atoms with E-state index in [0.717, 1.165) is 26.1 Å². The number of aryl methyl sites for hydroxylation is 2. The van der Waals surface area contributed by atoms with E-state index in [2.05, 4.69) is 43.4 Å². The van der Waals surface area contributed by atoms with E-state index in [9.17, 15) is 4.79 Å². The van der Waals surface area contributed by atoms with Gasteiger partial charge >= 0.3 is 0 Å². The number of nitrogens with zero attached hydrogens (tertiary/aromatic N) is 1. The summed E-state index contributed by atoms with van der Waals surface area (Å²) in [4.78, 5) is 14.1. The molecular weight excluding hydrogens is 260 g/mol. The predicted molar refractivity (Wildman–Crippen MR) is 80.8 cm³/mol. The van der Waals surface area contributed by atoms with E-state index >= 15 is 0 Å². The molecule has 2 rings (SSSR count). The quantitative estimate of drug-likeness (QED) is 0.922. The molecule has 0 spiro atoms. The lowest BCUT2D eigenvalue weighted by Gasteiger charge is -2.32. The molecule has 1 unspecified atom stereocenters. The fourth-order valence-corrected chi connectivity index (χ4v) is 2.44. The smallest absolute Gasteiger partial charge is 0.222 e. The molecule has 3 nitrogen and oxygen atoms in total. The van der Waals surface area contributed by atoms with Crippen molar-refractivity contribution in [2.75, 3.05) is 19.6 Å². The number of rotatable bonds is 3. The van der Waals surface area contributed by atoms with Crippen molar-refractivity contribution in [1.82, 2.24) is 10.2 Å². The Morgan fingerprint density at radius 1 is 1.47 bits per heavy atom. The fraction of sp³-hybridized carbons (Fsp3) is 0.533. The summed E-state index contributed by atoms with van der Waals surface area (Å²) in [5, 5.41) is 3.35. The molecular formula is C15H23ClN2O. The Bertz CT molecular complexity index is 422. The third kappa shape index (κ3) is 4.84. The van der Waals surface area contributed by atoms with Gasteiger partial charge in [0.25, 0.3) is 0 Å². The topological polar surface area (TPSA) is 32.3 Å². The molecule has 1 aliphatic rings. The highest BCUT2D eigenvalue weighted by Crippen LogP contribution is 2.09. The van der Waals surface area contributed by atoms with Gasteiger partial charge in [-0.25, -0.2) is 0 Å². The van der Waals surface area contributed by atoms with E-state index in [-0.39, 0.29) is 18.3 Å². The number of carbonyl (C=O) groups excluding carboxylic acids is 1. The van der Waals surface area contributed by atoms with Crippen LogP contribution in [0.4, 0.5) is 0 Å². The first-order valence-electron chi connectivity index (χ1n) is 6.72. The largest absolute Gasteiger partial charge is 0.340 e. The fourth-order valence-electron chi connectivity index (χ4n) is 2.44. The minimum Gasteiger partial charge on any atom is -0.340 e. The zero-order valence-electron chi connectivity index (χ0n) is 11.7. The Hall–Kier alpha value is -1.06. The average molecular weight is 283 g/mol. The second kappa shape index (κ2) is 7.51. The minimum absolute atomic E-state index is 0. The molecule has 0 saturated carbocycles. The lowest BCUT2D eigenvalue weighted by molar-refractivity contribution is -0.132. The van der Waals surface area contributed by atoms with Crippen LogP contribution in [0.3, 0.4) is 0 Å². The number of piperazine rings is 1.